The summed E-state index contributed by atoms with van der Waals surface area (Å²) in [5, 5.41) is 0.954. The highest BCUT2D eigenvalue weighted by molar-refractivity contribution is 7.09. The van der Waals surface area contributed by atoms with Gasteiger partial charge in [0.05, 0.1) is 12.0 Å². The van der Waals surface area contributed by atoms with Gasteiger partial charge in [-0.3, -0.25) is 4.79 Å². The standard InChI is InChI=1S/C13H19N3O2S/c1-3-18-11(17)13(2)6-7-16(8-13)12-14-10(15-19-12)9-4-5-9/h9H,3-8H2,1-2H3. The number of rotatable bonds is 4. The molecular weight excluding hydrogens is 262 g/mol. The number of hydrogen-bond acceptors (Lipinski definition) is 6. The van der Waals surface area contributed by atoms with Gasteiger partial charge < -0.3 is 9.64 Å². The Balaban J connectivity index is 1.68. The minimum absolute atomic E-state index is 0.0931. The molecule has 1 aliphatic carbocycles. The fourth-order valence-electron chi connectivity index (χ4n) is 2.46. The molecule has 1 aliphatic heterocycles. The molecule has 2 heterocycles. The van der Waals surface area contributed by atoms with Crippen molar-refractivity contribution in [2.45, 2.75) is 39.0 Å². The van der Waals surface area contributed by atoms with Crippen LogP contribution in [0.2, 0.25) is 0 Å². The summed E-state index contributed by atoms with van der Waals surface area (Å²) in [6, 6.07) is 0. The van der Waals surface area contributed by atoms with Crippen LogP contribution in [0.1, 0.15) is 44.9 Å². The van der Waals surface area contributed by atoms with Gasteiger partial charge in [-0.15, -0.1) is 0 Å². The van der Waals surface area contributed by atoms with E-state index in [1.807, 2.05) is 13.8 Å². The van der Waals surface area contributed by atoms with Crippen molar-refractivity contribution >= 4 is 22.6 Å². The molecule has 0 radical (unpaired) electrons. The molecule has 6 heteroatoms. The van der Waals surface area contributed by atoms with Crippen molar-refractivity contribution in [3.63, 3.8) is 0 Å². The molecule has 104 valence electrons. The number of anilines is 1. The number of carbonyl (C=O) groups excluding carboxylic acids is 1. The summed E-state index contributed by atoms with van der Waals surface area (Å²) in [6.07, 6.45) is 3.26. The molecule has 0 bridgehead atoms. The Morgan fingerprint density at radius 1 is 1.58 bits per heavy atom. The first-order valence-electron chi connectivity index (χ1n) is 6.88. The van der Waals surface area contributed by atoms with Crippen LogP contribution in [0.4, 0.5) is 5.13 Å². The number of carbonyl (C=O) groups is 1. The van der Waals surface area contributed by atoms with Crippen molar-refractivity contribution in [2.24, 2.45) is 5.41 Å². The maximum absolute atomic E-state index is 12.0. The Hall–Kier alpha value is -1.17. The van der Waals surface area contributed by atoms with Gasteiger partial charge >= 0.3 is 5.97 Å². The van der Waals surface area contributed by atoms with E-state index in [9.17, 15) is 4.79 Å². The normalized spacial score (nSPS) is 26.7. The van der Waals surface area contributed by atoms with Crippen molar-refractivity contribution in [1.29, 1.82) is 0 Å². The first-order chi connectivity index (χ1) is 9.12. The lowest BCUT2D eigenvalue weighted by molar-refractivity contribution is -0.153. The molecule has 1 atom stereocenters. The quantitative estimate of drug-likeness (QED) is 0.792. The Labute approximate surface area is 117 Å². The molecular formula is C13H19N3O2S. The Kier molecular flexibility index (Phi) is 3.20. The Morgan fingerprint density at radius 3 is 3.05 bits per heavy atom. The molecule has 0 spiro atoms. The van der Waals surface area contributed by atoms with Gasteiger partial charge in [0, 0.05) is 30.5 Å². The lowest BCUT2D eigenvalue weighted by atomic mass is 9.90. The molecule has 0 amide bonds. The third-order valence-electron chi connectivity index (χ3n) is 3.89. The van der Waals surface area contributed by atoms with E-state index < -0.39 is 5.41 Å². The van der Waals surface area contributed by atoms with E-state index in [2.05, 4.69) is 14.3 Å². The van der Waals surface area contributed by atoms with Crippen LogP contribution in [0.3, 0.4) is 0 Å². The zero-order valence-corrected chi connectivity index (χ0v) is 12.2. The van der Waals surface area contributed by atoms with Gasteiger partial charge in [-0.25, -0.2) is 4.98 Å². The molecule has 1 aromatic heterocycles. The van der Waals surface area contributed by atoms with Gasteiger partial charge in [0.2, 0.25) is 5.13 Å². The van der Waals surface area contributed by atoms with E-state index in [-0.39, 0.29) is 5.97 Å². The van der Waals surface area contributed by atoms with Crippen molar-refractivity contribution in [3.8, 4) is 0 Å². The van der Waals surface area contributed by atoms with Crippen LogP contribution < -0.4 is 4.90 Å². The largest absolute Gasteiger partial charge is 0.466 e. The highest BCUT2D eigenvalue weighted by atomic mass is 32.1. The number of esters is 1. The zero-order valence-electron chi connectivity index (χ0n) is 11.4. The summed E-state index contributed by atoms with van der Waals surface area (Å²) in [4.78, 5) is 18.8. The summed E-state index contributed by atoms with van der Waals surface area (Å²) in [5.74, 6) is 1.48. The fraction of sp³-hybridized carbons (Fsp3) is 0.769. The number of hydrogen-bond donors (Lipinski definition) is 0. The van der Waals surface area contributed by atoms with Gasteiger partial charge in [0.1, 0.15) is 5.82 Å². The number of nitrogens with zero attached hydrogens (tertiary/aromatic N) is 3. The van der Waals surface area contributed by atoms with Gasteiger partial charge in [-0.2, -0.15) is 4.37 Å². The van der Waals surface area contributed by atoms with Crippen molar-refractivity contribution < 1.29 is 9.53 Å². The lowest BCUT2D eigenvalue weighted by Gasteiger charge is -2.21. The number of ether oxygens (including phenoxy) is 1. The van der Waals surface area contributed by atoms with Crippen LogP contribution in [-0.4, -0.2) is 35.0 Å². The second kappa shape index (κ2) is 4.74. The smallest absolute Gasteiger partial charge is 0.313 e. The Bertz CT molecular complexity index is 486. The van der Waals surface area contributed by atoms with E-state index in [0.29, 0.717) is 19.1 Å². The second-order valence-corrected chi connectivity index (χ2v) is 6.39. The van der Waals surface area contributed by atoms with E-state index in [0.717, 1.165) is 23.9 Å². The lowest BCUT2D eigenvalue weighted by Crippen LogP contribution is -2.33. The molecule has 19 heavy (non-hydrogen) atoms. The van der Waals surface area contributed by atoms with Crippen LogP contribution in [0.5, 0.6) is 0 Å². The van der Waals surface area contributed by atoms with Crippen LogP contribution in [-0.2, 0) is 9.53 Å². The summed E-state index contributed by atoms with van der Waals surface area (Å²) < 4.78 is 9.59. The third kappa shape index (κ3) is 2.45. The molecule has 1 saturated heterocycles. The van der Waals surface area contributed by atoms with Crippen molar-refractivity contribution in [1.82, 2.24) is 9.36 Å². The highest BCUT2D eigenvalue weighted by Gasteiger charge is 2.42. The van der Waals surface area contributed by atoms with Gasteiger partial charge in [-0.1, -0.05) is 0 Å². The molecule has 3 rings (SSSR count). The molecule has 5 nitrogen and oxygen atoms in total. The maximum Gasteiger partial charge on any atom is 0.313 e. The minimum Gasteiger partial charge on any atom is -0.466 e. The molecule has 1 saturated carbocycles. The molecule has 2 aliphatic rings. The molecule has 0 N–H and O–H groups in total. The first-order valence-corrected chi connectivity index (χ1v) is 7.65. The highest BCUT2D eigenvalue weighted by Crippen LogP contribution is 2.41. The zero-order chi connectivity index (χ0) is 13.5. The van der Waals surface area contributed by atoms with Crippen molar-refractivity contribution in [2.75, 3.05) is 24.6 Å². The molecule has 0 aromatic carbocycles. The fourth-order valence-corrected chi connectivity index (χ4v) is 3.23. The SMILES string of the molecule is CCOC(=O)C1(C)CCN(c2nc(C3CC3)ns2)C1. The second-order valence-electron chi connectivity index (χ2n) is 5.66. The van der Waals surface area contributed by atoms with Gasteiger partial charge in [0.25, 0.3) is 0 Å². The maximum atomic E-state index is 12.0. The van der Waals surface area contributed by atoms with Crippen molar-refractivity contribution in [3.05, 3.63) is 5.82 Å². The predicted octanol–water partition coefficient (Wildman–Crippen LogP) is 2.20. The van der Waals surface area contributed by atoms with E-state index in [1.165, 1.54) is 24.4 Å². The van der Waals surface area contributed by atoms with Crippen LogP contribution in [0.15, 0.2) is 0 Å². The van der Waals surface area contributed by atoms with E-state index in [1.54, 1.807) is 0 Å². The van der Waals surface area contributed by atoms with Crippen LogP contribution in [0.25, 0.3) is 0 Å². The van der Waals surface area contributed by atoms with E-state index in [4.69, 9.17) is 4.74 Å². The van der Waals surface area contributed by atoms with Crippen LogP contribution in [0, 0.1) is 5.41 Å². The van der Waals surface area contributed by atoms with E-state index >= 15 is 0 Å². The summed E-state index contributed by atoms with van der Waals surface area (Å²) in [7, 11) is 0. The van der Waals surface area contributed by atoms with Crippen LogP contribution >= 0.6 is 11.5 Å². The predicted molar refractivity (Wildman–Crippen MR) is 73.5 cm³/mol. The Morgan fingerprint density at radius 2 is 2.37 bits per heavy atom. The average Bonchev–Trinajstić information content (AvgIpc) is 2.98. The first kappa shape index (κ1) is 12.8. The summed E-state index contributed by atoms with van der Waals surface area (Å²) in [6.45, 7) is 5.81. The summed E-state index contributed by atoms with van der Waals surface area (Å²) in [5.41, 5.74) is -0.401. The molecule has 1 unspecified atom stereocenters. The molecule has 2 fully saturated rings. The third-order valence-corrected chi connectivity index (χ3v) is 4.68. The topological polar surface area (TPSA) is 55.3 Å². The number of aromatic nitrogens is 2. The summed E-state index contributed by atoms with van der Waals surface area (Å²) >= 11 is 1.45. The van der Waals surface area contributed by atoms with Gasteiger partial charge in [-0.05, 0) is 33.1 Å². The molecule has 1 aromatic rings. The minimum atomic E-state index is -0.401. The monoisotopic (exact) mass is 281 g/mol. The van der Waals surface area contributed by atoms with Gasteiger partial charge in [0.15, 0.2) is 0 Å². The average molecular weight is 281 g/mol.